The summed E-state index contributed by atoms with van der Waals surface area (Å²) in [5.41, 5.74) is 8.69. The lowest BCUT2D eigenvalue weighted by Gasteiger charge is -2.21. The average molecular weight is 435 g/mol. The van der Waals surface area contributed by atoms with E-state index in [1.54, 1.807) is 0 Å². The summed E-state index contributed by atoms with van der Waals surface area (Å²) in [6.07, 6.45) is 2.14. The highest BCUT2D eigenvalue weighted by molar-refractivity contribution is 6.89. The van der Waals surface area contributed by atoms with E-state index >= 15 is 0 Å². The minimum absolute atomic E-state index is 0.962. The third-order valence-electron chi connectivity index (χ3n) is 6.46. The Kier molecular flexibility index (Phi) is 5.02. The number of fused-ring (bicyclic) bond motifs is 3. The summed E-state index contributed by atoms with van der Waals surface area (Å²) in [7, 11) is -1.55. The first-order valence-corrected chi connectivity index (χ1v) is 15.0. The molecule has 0 radical (unpaired) electrons. The molecule has 2 heterocycles. The van der Waals surface area contributed by atoms with E-state index in [9.17, 15) is 0 Å². The van der Waals surface area contributed by atoms with Crippen LogP contribution in [0.15, 0.2) is 79.0 Å². The van der Waals surface area contributed by atoms with Crippen LogP contribution in [0.25, 0.3) is 44.2 Å². The Balaban J connectivity index is 1.72. The zero-order valence-electron chi connectivity index (χ0n) is 19.6. The number of hydrogen-bond acceptors (Lipinski definition) is 1. The van der Waals surface area contributed by atoms with E-state index in [-0.39, 0.29) is 0 Å². The molecule has 0 spiro atoms. The quantitative estimate of drug-likeness (QED) is 0.269. The molecule has 0 saturated heterocycles. The van der Waals surface area contributed by atoms with Gasteiger partial charge in [0.2, 0.25) is 0 Å². The highest BCUT2D eigenvalue weighted by Gasteiger charge is 2.22. The van der Waals surface area contributed by atoms with Crippen LogP contribution in [0.3, 0.4) is 0 Å². The average Bonchev–Trinajstić information content (AvgIpc) is 3.11. The fraction of sp³-hybridized carbons (Fsp3) is 0.207. The monoisotopic (exact) mass is 434 g/mol. The second kappa shape index (κ2) is 7.75. The second-order valence-electron chi connectivity index (χ2n) is 9.72. The first-order valence-electron chi connectivity index (χ1n) is 11.5. The second-order valence-corrected chi connectivity index (χ2v) is 14.8. The Bertz CT molecular complexity index is 1440. The first kappa shape index (κ1) is 20.7. The first-order chi connectivity index (χ1) is 15.4. The fourth-order valence-electron chi connectivity index (χ4n) is 4.74. The molecule has 160 valence electrons. The highest BCUT2D eigenvalue weighted by atomic mass is 28.3. The van der Waals surface area contributed by atoms with Crippen LogP contribution in [-0.4, -0.2) is 17.6 Å². The number of nitrogens with zero attached hydrogens (tertiary/aromatic N) is 2. The van der Waals surface area contributed by atoms with E-state index in [2.05, 4.69) is 117 Å². The SMILES string of the molecule is CCn1c2ccccc2c2cc(-c3cc(-c4ccc(C)cc4)c([Si](C)(C)C)cn3)ccc21. The molecule has 0 aliphatic heterocycles. The van der Waals surface area contributed by atoms with Crippen LogP contribution in [0, 0.1) is 6.92 Å². The molecule has 0 amide bonds. The van der Waals surface area contributed by atoms with Gasteiger partial charge in [0, 0.05) is 40.1 Å². The van der Waals surface area contributed by atoms with Crippen molar-refractivity contribution in [3.63, 3.8) is 0 Å². The van der Waals surface area contributed by atoms with E-state index in [4.69, 9.17) is 4.98 Å². The number of pyridine rings is 1. The van der Waals surface area contributed by atoms with Crippen molar-refractivity contribution in [2.75, 3.05) is 0 Å². The van der Waals surface area contributed by atoms with Crippen LogP contribution < -0.4 is 5.19 Å². The summed E-state index contributed by atoms with van der Waals surface area (Å²) in [6.45, 7) is 12.5. The Morgan fingerprint density at radius 1 is 0.781 bits per heavy atom. The predicted molar refractivity (Wildman–Crippen MR) is 142 cm³/mol. The Labute approximate surface area is 191 Å². The van der Waals surface area contributed by atoms with Crippen molar-refractivity contribution in [1.82, 2.24) is 9.55 Å². The van der Waals surface area contributed by atoms with Crippen LogP contribution in [0.2, 0.25) is 19.6 Å². The molecule has 0 aliphatic rings. The minimum Gasteiger partial charge on any atom is -0.341 e. The number of benzene rings is 3. The number of aryl methyl sites for hydroxylation is 2. The molecule has 32 heavy (non-hydrogen) atoms. The lowest BCUT2D eigenvalue weighted by Crippen LogP contribution is -2.39. The molecule has 3 aromatic carbocycles. The van der Waals surface area contributed by atoms with Gasteiger partial charge in [0.15, 0.2) is 0 Å². The molecule has 5 rings (SSSR count). The van der Waals surface area contributed by atoms with Gasteiger partial charge in [0.05, 0.1) is 13.8 Å². The summed E-state index contributed by atoms with van der Waals surface area (Å²) in [4.78, 5) is 4.96. The summed E-state index contributed by atoms with van der Waals surface area (Å²) in [5.74, 6) is 0. The van der Waals surface area contributed by atoms with Crippen molar-refractivity contribution in [1.29, 1.82) is 0 Å². The molecule has 2 nitrogen and oxygen atoms in total. The molecule has 0 bridgehead atoms. The van der Waals surface area contributed by atoms with E-state index < -0.39 is 8.07 Å². The van der Waals surface area contributed by atoms with Gasteiger partial charge in [-0.1, -0.05) is 73.7 Å². The maximum atomic E-state index is 4.96. The van der Waals surface area contributed by atoms with E-state index in [0.717, 1.165) is 12.2 Å². The van der Waals surface area contributed by atoms with E-state index in [0.29, 0.717) is 0 Å². The number of aromatic nitrogens is 2. The number of hydrogen-bond donors (Lipinski definition) is 0. The summed E-state index contributed by atoms with van der Waals surface area (Å²) >= 11 is 0. The molecule has 0 atom stereocenters. The molecule has 5 aromatic rings. The van der Waals surface area contributed by atoms with Gasteiger partial charge < -0.3 is 4.57 Å². The molecule has 0 N–H and O–H groups in total. The molecule has 0 fully saturated rings. The smallest absolute Gasteiger partial charge is 0.0804 e. The van der Waals surface area contributed by atoms with Crippen molar-refractivity contribution in [2.24, 2.45) is 0 Å². The van der Waals surface area contributed by atoms with E-state index in [1.165, 1.54) is 49.2 Å². The van der Waals surface area contributed by atoms with Crippen molar-refractivity contribution in [3.8, 4) is 22.4 Å². The van der Waals surface area contributed by atoms with Crippen LogP contribution in [0.4, 0.5) is 0 Å². The van der Waals surface area contributed by atoms with Crippen LogP contribution in [0.5, 0.6) is 0 Å². The molecule has 3 heteroatoms. The van der Waals surface area contributed by atoms with Gasteiger partial charge >= 0.3 is 0 Å². The Hall–Kier alpha value is -3.17. The fourth-order valence-corrected chi connectivity index (χ4v) is 6.21. The lowest BCUT2D eigenvalue weighted by atomic mass is 10.0. The van der Waals surface area contributed by atoms with Gasteiger partial charge in [-0.05, 0) is 54.4 Å². The lowest BCUT2D eigenvalue weighted by molar-refractivity contribution is 0.827. The Morgan fingerprint density at radius 3 is 2.19 bits per heavy atom. The summed E-state index contributed by atoms with van der Waals surface area (Å²) < 4.78 is 2.40. The third kappa shape index (κ3) is 3.47. The van der Waals surface area contributed by atoms with Crippen molar-refractivity contribution in [3.05, 3.63) is 84.6 Å². The minimum atomic E-state index is -1.55. The van der Waals surface area contributed by atoms with Crippen LogP contribution in [0.1, 0.15) is 12.5 Å². The third-order valence-corrected chi connectivity index (χ3v) is 8.47. The van der Waals surface area contributed by atoms with Crippen molar-refractivity contribution < 1.29 is 0 Å². The normalized spacial score (nSPS) is 12.0. The van der Waals surface area contributed by atoms with E-state index in [1.807, 2.05) is 0 Å². The van der Waals surface area contributed by atoms with Crippen molar-refractivity contribution in [2.45, 2.75) is 40.0 Å². The largest absolute Gasteiger partial charge is 0.341 e. The maximum Gasteiger partial charge on any atom is 0.0804 e. The van der Waals surface area contributed by atoms with Gasteiger partial charge in [-0.25, -0.2) is 0 Å². The zero-order chi connectivity index (χ0) is 22.5. The number of para-hydroxylation sites is 1. The van der Waals surface area contributed by atoms with Gasteiger partial charge in [0.25, 0.3) is 0 Å². The molecule has 0 unspecified atom stereocenters. The topological polar surface area (TPSA) is 17.8 Å². The molecular weight excluding hydrogens is 404 g/mol. The van der Waals surface area contributed by atoms with Crippen molar-refractivity contribution >= 4 is 35.1 Å². The molecule has 0 aliphatic carbocycles. The molecular formula is C29H30N2Si. The van der Waals surface area contributed by atoms with Gasteiger partial charge in [-0.15, -0.1) is 0 Å². The Morgan fingerprint density at radius 2 is 1.47 bits per heavy atom. The standard InChI is InChI=1S/C29H30N2Si/c1-6-31-27-10-8-7-9-23(27)25-17-22(15-16-28(25)31)26-18-24(21-13-11-20(2)12-14-21)29(19-30-26)32(3,4)5/h7-19H,6H2,1-5H3. The molecule has 0 saturated carbocycles. The van der Waals surface area contributed by atoms with Crippen LogP contribution in [-0.2, 0) is 6.54 Å². The summed E-state index contributed by atoms with van der Waals surface area (Å²) in [5, 5.41) is 4.02. The predicted octanol–water partition coefficient (Wildman–Crippen LogP) is 7.40. The van der Waals surface area contributed by atoms with Gasteiger partial charge in [-0.3, -0.25) is 4.98 Å². The maximum absolute atomic E-state index is 4.96. The van der Waals surface area contributed by atoms with Gasteiger partial charge in [0.1, 0.15) is 0 Å². The number of rotatable bonds is 4. The summed E-state index contributed by atoms with van der Waals surface area (Å²) in [6, 6.07) is 26.7. The highest BCUT2D eigenvalue weighted by Crippen LogP contribution is 2.33. The molecule has 2 aromatic heterocycles. The zero-order valence-corrected chi connectivity index (χ0v) is 20.6. The van der Waals surface area contributed by atoms with Gasteiger partial charge in [-0.2, -0.15) is 0 Å². The van der Waals surface area contributed by atoms with Crippen LogP contribution >= 0.6 is 0 Å².